The van der Waals surface area contributed by atoms with Crippen molar-refractivity contribution >= 4 is 39.6 Å². The predicted octanol–water partition coefficient (Wildman–Crippen LogP) is 7.56. The molecule has 1 amide bonds. The molecule has 7 nitrogen and oxygen atoms in total. The maximum absolute atomic E-state index is 13.9. The fraction of sp³-hybridized carbons (Fsp3) is 0.515. The molecule has 0 aromatic heterocycles. The molecule has 0 bridgehead atoms. The van der Waals surface area contributed by atoms with Crippen LogP contribution in [0.3, 0.4) is 0 Å². The molecule has 2 rings (SSSR count). The molecular weight excluding hydrogens is 586 g/mol. The van der Waals surface area contributed by atoms with E-state index in [1.54, 1.807) is 48.5 Å². The summed E-state index contributed by atoms with van der Waals surface area (Å²) in [6.07, 6.45) is 7.32. The second-order valence-corrected chi connectivity index (χ2v) is 11.2. The number of esters is 2. The van der Waals surface area contributed by atoms with Gasteiger partial charge in [0.05, 0.1) is 6.54 Å². The van der Waals surface area contributed by atoms with Gasteiger partial charge in [-0.05, 0) is 43.5 Å². The van der Waals surface area contributed by atoms with Gasteiger partial charge in [0.15, 0.2) is 12.4 Å². The van der Waals surface area contributed by atoms with E-state index in [9.17, 15) is 19.2 Å². The zero-order valence-corrected chi connectivity index (χ0v) is 26.2. The fourth-order valence-corrected chi connectivity index (χ4v) is 5.23. The van der Waals surface area contributed by atoms with E-state index in [4.69, 9.17) is 9.47 Å². The minimum absolute atomic E-state index is 0.0328. The molecule has 0 aliphatic heterocycles. The summed E-state index contributed by atoms with van der Waals surface area (Å²) >= 11 is 3.35. The third kappa shape index (κ3) is 10.7. The van der Waals surface area contributed by atoms with Gasteiger partial charge in [0.25, 0.3) is 5.91 Å². The fourth-order valence-electron chi connectivity index (χ4n) is 4.96. The lowest BCUT2D eigenvalue weighted by atomic mass is 9.85. The Kier molecular flexibility index (Phi) is 15.4. The lowest BCUT2D eigenvalue weighted by molar-refractivity contribution is -0.158. The van der Waals surface area contributed by atoms with E-state index in [1.165, 1.54) is 4.90 Å². The summed E-state index contributed by atoms with van der Waals surface area (Å²) in [4.78, 5) is 54.4. The largest absolute Gasteiger partial charge is 0.464 e. The SMILES string of the molecule is CCCCCCCC(=O)OCCN(C(=O)c1ccccc1)C(CCC)(CCC)C(=O)OCC(=O)c1ccc(Br)cc1. The van der Waals surface area contributed by atoms with Gasteiger partial charge < -0.3 is 14.4 Å². The second kappa shape index (κ2) is 18.4. The summed E-state index contributed by atoms with van der Waals surface area (Å²) in [5, 5.41) is 0. The molecule has 41 heavy (non-hydrogen) atoms. The Morgan fingerprint density at radius 2 is 1.39 bits per heavy atom. The first-order valence-corrected chi connectivity index (χ1v) is 15.6. The van der Waals surface area contributed by atoms with Gasteiger partial charge in [-0.3, -0.25) is 14.4 Å². The van der Waals surface area contributed by atoms with Gasteiger partial charge >= 0.3 is 11.9 Å². The number of carbonyl (C=O) groups is 4. The number of hydrogen-bond acceptors (Lipinski definition) is 6. The average Bonchev–Trinajstić information content (AvgIpc) is 2.98. The van der Waals surface area contributed by atoms with Crippen molar-refractivity contribution in [3.63, 3.8) is 0 Å². The van der Waals surface area contributed by atoms with E-state index in [2.05, 4.69) is 22.9 Å². The Labute approximate surface area is 253 Å². The van der Waals surface area contributed by atoms with Gasteiger partial charge in [-0.2, -0.15) is 0 Å². The highest BCUT2D eigenvalue weighted by Gasteiger charge is 2.46. The van der Waals surface area contributed by atoms with Gasteiger partial charge in [-0.1, -0.05) is 106 Å². The summed E-state index contributed by atoms with van der Waals surface area (Å²) in [6.45, 7) is 5.58. The van der Waals surface area contributed by atoms with Crippen LogP contribution in [0.1, 0.15) is 106 Å². The molecule has 0 aliphatic rings. The van der Waals surface area contributed by atoms with Crippen LogP contribution >= 0.6 is 15.9 Å². The molecule has 0 atom stereocenters. The molecular formula is C33H44BrNO6. The second-order valence-electron chi connectivity index (χ2n) is 10.2. The normalized spacial score (nSPS) is 11.1. The minimum atomic E-state index is -1.32. The number of nitrogens with zero attached hydrogens (tertiary/aromatic N) is 1. The van der Waals surface area contributed by atoms with Gasteiger partial charge in [-0.25, -0.2) is 4.79 Å². The van der Waals surface area contributed by atoms with E-state index in [0.29, 0.717) is 43.2 Å². The molecule has 0 N–H and O–H groups in total. The van der Waals surface area contributed by atoms with Gasteiger partial charge in [-0.15, -0.1) is 0 Å². The van der Waals surface area contributed by atoms with Crippen LogP contribution in [0.15, 0.2) is 59.1 Å². The van der Waals surface area contributed by atoms with E-state index in [1.807, 2.05) is 19.9 Å². The van der Waals surface area contributed by atoms with Crippen LogP contribution < -0.4 is 0 Å². The van der Waals surface area contributed by atoms with E-state index in [0.717, 1.165) is 36.6 Å². The van der Waals surface area contributed by atoms with Crippen molar-refractivity contribution < 1.29 is 28.7 Å². The summed E-state index contributed by atoms with van der Waals surface area (Å²) < 4.78 is 12.0. The Balaban J connectivity index is 2.25. The lowest BCUT2D eigenvalue weighted by Gasteiger charge is -2.42. The molecule has 0 fully saturated rings. The lowest BCUT2D eigenvalue weighted by Crippen LogP contribution is -2.59. The molecule has 2 aromatic carbocycles. The number of hydrogen-bond donors (Lipinski definition) is 0. The van der Waals surface area contributed by atoms with Gasteiger partial charge in [0, 0.05) is 22.0 Å². The molecule has 0 radical (unpaired) electrons. The molecule has 0 spiro atoms. The number of carbonyl (C=O) groups excluding carboxylic acids is 4. The Morgan fingerprint density at radius 1 is 0.756 bits per heavy atom. The highest BCUT2D eigenvalue weighted by molar-refractivity contribution is 9.10. The van der Waals surface area contributed by atoms with E-state index < -0.39 is 18.1 Å². The zero-order valence-electron chi connectivity index (χ0n) is 24.7. The standard InChI is InChI=1S/C33H44BrNO6/c1-4-7-8-9-13-16-30(37)40-24-23-35(31(38)27-14-11-10-12-15-27)33(21-5-2,22-6-3)32(39)41-25-29(36)26-17-19-28(34)20-18-26/h10-12,14-15,17-20H,4-9,13,16,21-25H2,1-3H3. The number of halogens is 1. The van der Waals surface area contributed by atoms with Crippen molar-refractivity contribution in [1.29, 1.82) is 0 Å². The van der Waals surface area contributed by atoms with Crippen molar-refractivity contribution in [1.82, 2.24) is 4.90 Å². The quantitative estimate of drug-likeness (QED) is 0.0904. The number of unbranched alkanes of at least 4 members (excludes halogenated alkanes) is 4. The van der Waals surface area contributed by atoms with Crippen LogP contribution in [0.5, 0.6) is 0 Å². The predicted molar refractivity (Wildman–Crippen MR) is 164 cm³/mol. The van der Waals surface area contributed by atoms with Crippen LogP contribution in [0.4, 0.5) is 0 Å². The molecule has 0 aliphatic carbocycles. The summed E-state index contributed by atoms with van der Waals surface area (Å²) in [5.41, 5.74) is -0.468. The molecule has 0 heterocycles. The molecule has 0 unspecified atom stereocenters. The van der Waals surface area contributed by atoms with Gasteiger partial charge in [0.1, 0.15) is 12.1 Å². The van der Waals surface area contributed by atoms with Crippen molar-refractivity contribution in [2.75, 3.05) is 19.8 Å². The monoisotopic (exact) mass is 629 g/mol. The maximum atomic E-state index is 13.9. The Morgan fingerprint density at radius 3 is 2.00 bits per heavy atom. The third-order valence-corrected chi connectivity index (χ3v) is 7.58. The molecule has 8 heteroatoms. The molecule has 224 valence electrons. The highest BCUT2D eigenvalue weighted by Crippen LogP contribution is 2.31. The highest BCUT2D eigenvalue weighted by atomic mass is 79.9. The summed E-state index contributed by atoms with van der Waals surface area (Å²) in [6, 6.07) is 15.6. The molecule has 0 saturated heterocycles. The minimum Gasteiger partial charge on any atom is -0.464 e. The van der Waals surface area contributed by atoms with Crippen LogP contribution in [0.25, 0.3) is 0 Å². The van der Waals surface area contributed by atoms with Crippen LogP contribution in [0.2, 0.25) is 0 Å². The first-order valence-electron chi connectivity index (χ1n) is 14.8. The number of rotatable bonds is 19. The number of amides is 1. The first-order chi connectivity index (χ1) is 19.8. The van der Waals surface area contributed by atoms with Crippen molar-refractivity contribution in [2.24, 2.45) is 0 Å². The van der Waals surface area contributed by atoms with Crippen molar-refractivity contribution in [3.8, 4) is 0 Å². The van der Waals surface area contributed by atoms with E-state index >= 15 is 0 Å². The van der Waals surface area contributed by atoms with Crippen LogP contribution in [0, 0.1) is 0 Å². The van der Waals surface area contributed by atoms with Crippen LogP contribution in [-0.4, -0.2) is 53.8 Å². The summed E-state index contributed by atoms with van der Waals surface area (Å²) in [7, 11) is 0. The number of Topliss-reactive ketones (excluding diaryl/α,β-unsaturated/α-hetero) is 1. The molecule has 0 saturated carbocycles. The van der Waals surface area contributed by atoms with E-state index in [-0.39, 0.29) is 30.8 Å². The maximum Gasteiger partial charge on any atom is 0.332 e. The summed E-state index contributed by atoms with van der Waals surface area (Å²) in [5.74, 6) is -1.62. The Bertz CT molecular complexity index is 1100. The first kappa shape index (κ1) is 34.2. The number of ketones is 1. The van der Waals surface area contributed by atoms with Crippen molar-refractivity contribution in [2.45, 2.75) is 90.5 Å². The number of benzene rings is 2. The number of ether oxygens (including phenoxy) is 2. The molecule has 2 aromatic rings. The third-order valence-electron chi connectivity index (χ3n) is 7.05. The Hall–Kier alpha value is -3.00. The van der Waals surface area contributed by atoms with Gasteiger partial charge in [0.2, 0.25) is 0 Å². The average molecular weight is 631 g/mol. The smallest absolute Gasteiger partial charge is 0.332 e. The topological polar surface area (TPSA) is 90.0 Å². The van der Waals surface area contributed by atoms with Crippen molar-refractivity contribution in [3.05, 3.63) is 70.2 Å². The zero-order chi connectivity index (χ0) is 30.1. The van der Waals surface area contributed by atoms with Crippen LogP contribution in [-0.2, 0) is 19.1 Å².